The van der Waals surface area contributed by atoms with Crippen molar-refractivity contribution in [3.05, 3.63) is 59.4 Å². The van der Waals surface area contributed by atoms with Crippen molar-refractivity contribution in [3.8, 4) is 11.5 Å². The maximum atomic E-state index is 13.2. The first-order chi connectivity index (χ1) is 14.4. The third-order valence-corrected chi connectivity index (χ3v) is 4.86. The molecule has 7 heteroatoms. The second kappa shape index (κ2) is 11.2. The van der Waals surface area contributed by atoms with E-state index in [0.29, 0.717) is 24.5 Å². The number of hydrogen-bond donors (Lipinski definition) is 1. The third-order valence-electron chi connectivity index (χ3n) is 4.86. The molecule has 1 unspecified atom stereocenters. The fourth-order valence-electron chi connectivity index (χ4n) is 3.12. The lowest BCUT2D eigenvalue weighted by Crippen LogP contribution is -2.47. The van der Waals surface area contributed by atoms with Gasteiger partial charge in [-0.3, -0.25) is 9.59 Å². The van der Waals surface area contributed by atoms with Gasteiger partial charge in [0.15, 0.2) is 11.5 Å². The van der Waals surface area contributed by atoms with Gasteiger partial charge in [-0.25, -0.2) is 4.39 Å². The Morgan fingerprint density at radius 1 is 1.03 bits per heavy atom. The number of hydrogen-bond acceptors (Lipinski definition) is 4. The van der Waals surface area contributed by atoms with Crippen molar-refractivity contribution in [2.45, 2.75) is 39.3 Å². The Balaban J connectivity index is 2.15. The van der Waals surface area contributed by atoms with E-state index in [9.17, 15) is 14.0 Å². The number of halogens is 1. The van der Waals surface area contributed by atoms with Crippen LogP contribution in [0, 0.1) is 5.82 Å². The quantitative estimate of drug-likeness (QED) is 0.645. The van der Waals surface area contributed by atoms with Gasteiger partial charge in [0.05, 0.1) is 14.2 Å². The minimum absolute atomic E-state index is 0.159. The minimum atomic E-state index is -0.645. The van der Waals surface area contributed by atoms with E-state index in [1.54, 1.807) is 39.3 Å². The standard InChI is InChI=1S/C23H29FN2O4/c1-5-25-23(28)16(2)26(15-18-6-10-19(24)11-7-18)22(27)13-9-17-8-12-20(29-3)21(14-17)30-4/h6-8,10-12,14,16H,5,9,13,15H2,1-4H3,(H,25,28). The van der Waals surface area contributed by atoms with Crippen molar-refractivity contribution in [2.24, 2.45) is 0 Å². The van der Waals surface area contributed by atoms with Crippen LogP contribution in [0.2, 0.25) is 0 Å². The highest BCUT2D eigenvalue weighted by Crippen LogP contribution is 2.28. The molecule has 0 bridgehead atoms. The molecule has 0 saturated heterocycles. The van der Waals surface area contributed by atoms with Gasteiger partial charge < -0.3 is 19.7 Å². The van der Waals surface area contributed by atoms with E-state index in [2.05, 4.69) is 5.32 Å². The van der Waals surface area contributed by atoms with Crippen molar-refractivity contribution >= 4 is 11.8 Å². The van der Waals surface area contributed by atoms with Crippen LogP contribution in [0.5, 0.6) is 11.5 Å². The molecule has 0 aliphatic carbocycles. The number of carbonyl (C=O) groups is 2. The second-order valence-corrected chi connectivity index (χ2v) is 6.91. The zero-order chi connectivity index (χ0) is 22.1. The van der Waals surface area contributed by atoms with Crippen LogP contribution in [0.4, 0.5) is 4.39 Å². The zero-order valence-corrected chi connectivity index (χ0v) is 17.9. The average Bonchev–Trinajstić information content (AvgIpc) is 2.76. The number of ether oxygens (including phenoxy) is 2. The van der Waals surface area contributed by atoms with E-state index in [-0.39, 0.29) is 30.6 Å². The monoisotopic (exact) mass is 416 g/mol. The molecular formula is C23H29FN2O4. The summed E-state index contributed by atoms with van der Waals surface area (Å²) in [7, 11) is 3.13. The molecule has 0 fully saturated rings. The minimum Gasteiger partial charge on any atom is -0.493 e. The van der Waals surface area contributed by atoms with Crippen LogP contribution >= 0.6 is 0 Å². The molecule has 0 aliphatic heterocycles. The van der Waals surface area contributed by atoms with Crippen LogP contribution in [0.3, 0.4) is 0 Å². The van der Waals surface area contributed by atoms with Crippen molar-refractivity contribution in [3.63, 3.8) is 0 Å². The molecule has 0 aliphatic rings. The topological polar surface area (TPSA) is 67.9 Å². The van der Waals surface area contributed by atoms with Gasteiger partial charge >= 0.3 is 0 Å². The first-order valence-corrected chi connectivity index (χ1v) is 9.92. The van der Waals surface area contributed by atoms with E-state index in [0.717, 1.165) is 11.1 Å². The Morgan fingerprint density at radius 2 is 1.67 bits per heavy atom. The van der Waals surface area contributed by atoms with E-state index >= 15 is 0 Å². The molecule has 1 atom stereocenters. The number of benzene rings is 2. The molecule has 162 valence electrons. The van der Waals surface area contributed by atoms with E-state index in [1.807, 2.05) is 19.1 Å². The summed E-state index contributed by atoms with van der Waals surface area (Å²) in [5.74, 6) is 0.491. The van der Waals surface area contributed by atoms with Gasteiger partial charge in [0.2, 0.25) is 11.8 Å². The van der Waals surface area contributed by atoms with Crippen LogP contribution < -0.4 is 14.8 Å². The number of nitrogens with zero attached hydrogens (tertiary/aromatic N) is 1. The molecule has 6 nitrogen and oxygen atoms in total. The van der Waals surface area contributed by atoms with Crippen LogP contribution in [-0.4, -0.2) is 43.5 Å². The molecule has 2 amide bonds. The number of likely N-dealkylation sites (N-methyl/N-ethyl adjacent to an activating group) is 1. The number of amides is 2. The van der Waals surface area contributed by atoms with Gasteiger partial charge in [-0.15, -0.1) is 0 Å². The number of nitrogens with one attached hydrogen (secondary N) is 1. The predicted molar refractivity (Wildman–Crippen MR) is 113 cm³/mol. The summed E-state index contributed by atoms with van der Waals surface area (Å²) in [5.41, 5.74) is 1.68. The van der Waals surface area contributed by atoms with E-state index < -0.39 is 6.04 Å². The first kappa shape index (κ1) is 23.2. The Hall–Kier alpha value is -3.09. The molecular weight excluding hydrogens is 387 g/mol. The van der Waals surface area contributed by atoms with Gasteiger partial charge in [0.1, 0.15) is 11.9 Å². The lowest BCUT2D eigenvalue weighted by atomic mass is 10.1. The van der Waals surface area contributed by atoms with E-state index in [4.69, 9.17) is 9.47 Å². The summed E-state index contributed by atoms with van der Waals surface area (Å²) in [6.45, 7) is 4.23. The summed E-state index contributed by atoms with van der Waals surface area (Å²) in [5, 5.41) is 2.75. The molecule has 2 rings (SSSR count). The first-order valence-electron chi connectivity index (χ1n) is 9.92. The van der Waals surface area contributed by atoms with Crippen LogP contribution in [-0.2, 0) is 22.6 Å². The van der Waals surface area contributed by atoms with Gasteiger partial charge in [-0.05, 0) is 55.7 Å². The Kier molecular flexibility index (Phi) is 8.65. The molecule has 0 aromatic heterocycles. The SMILES string of the molecule is CCNC(=O)C(C)N(Cc1ccc(F)cc1)C(=O)CCc1ccc(OC)c(OC)c1. The summed E-state index contributed by atoms with van der Waals surface area (Å²) in [6.07, 6.45) is 0.710. The van der Waals surface area contributed by atoms with Gasteiger partial charge in [0, 0.05) is 19.5 Å². The highest BCUT2D eigenvalue weighted by atomic mass is 19.1. The van der Waals surface area contributed by atoms with Crippen molar-refractivity contribution in [2.75, 3.05) is 20.8 Å². The second-order valence-electron chi connectivity index (χ2n) is 6.91. The lowest BCUT2D eigenvalue weighted by molar-refractivity contribution is -0.140. The maximum absolute atomic E-state index is 13.2. The Labute approximate surface area is 177 Å². The molecule has 0 spiro atoms. The fraction of sp³-hybridized carbons (Fsp3) is 0.391. The molecule has 0 radical (unpaired) electrons. The molecule has 0 saturated carbocycles. The fourth-order valence-corrected chi connectivity index (χ4v) is 3.12. The van der Waals surface area contributed by atoms with Crippen molar-refractivity contribution in [1.29, 1.82) is 0 Å². The summed E-state index contributed by atoms with van der Waals surface area (Å²) in [6, 6.07) is 10.8. The van der Waals surface area contributed by atoms with Crippen molar-refractivity contribution < 1.29 is 23.5 Å². The van der Waals surface area contributed by atoms with Gasteiger partial charge in [0.25, 0.3) is 0 Å². The van der Waals surface area contributed by atoms with Crippen LogP contribution in [0.15, 0.2) is 42.5 Å². The third kappa shape index (κ3) is 6.20. The van der Waals surface area contributed by atoms with E-state index in [1.165, 1.54) is 17.0 Å². The van der Waals surface area contributed by atoms with Gasteiger partial charge in [-0.2, -0.15) is 0 Å². The van der Waals surface area contributed by atoms with Crippen LogP contribution in [0.1, 0.15) is 31.4 Å². The molecule has 0 heterocycles. The van der Waals surface area contributed by atoms with Crippen LogP contribution in [0.25, 0.3) is 0 Å². The molecule has 2 aromatic rings. The number of carbonyl (C=O) groups excluding carboxylic acids is 2. The highest BCUT2D eigenvalue weighted by Gasteiger charge is 2.25. The average molecular weight is 416 g/mol. The predicted octanol–water partition coefficient (Wildman–Crippen LogP) is 3.33. The number of rotatable bonds is 10. The maximum Gasteiger partial charge on any atom is 0.242 e. The van der Waals surface area contributed by atoms with Crippen molar-refractivity contribution in [1.82, 2.24) is 10.2 Å². The summed E-state index contributed by atoms with van der Waals surface area (Å²) >= 11 is 0. The summed E-state index contributed by atoms with van der Waals surface area (Å²) in [4.78, 5) is 26.9. The largest absolute Gasteiger partial charge is 0.493 e. The highest BCUT2D eigenvalue weighted by molar-refractivity contribution is 5.87. The lowest BCUT2D eigenvalue weighted by Gasteiger charge is -2.29. The normalized spacial score (nSPS) is 11.5. The zero-order valence-electron chi connectivity index (χ0n) is 17.9. The number of aryl methyl sites for hydroxylation is 1. The smallest absolute Gasteiger partial charge is 0.242 e. The Bertz CT molecular complexity index is 855. The molecule has 2 aromatic carbocycles. The van der Waals surface area contributed by atoms with Gasteiger partial charge in [-0.1, -0.05) is 18.2 Å². The summed E-state index contributed by atoms with van der Waals surface area (Å²) < 4.78 is 23.8. The Morgan fingerprint density at radius 3 is 2.27 bits per heavy atom. The molecule has 30 heavy (non-hydrogen) atoms. The molecule has 1 N–H and O–H groups in total. The number of methoxy groups -OCH3 is 2.